The van der Waals surface area contributed by atoms with E-state index in [1.54, 1.807) is 0 Å². The van der Waals surface area contributed by atoms with Crippen molar-refractivity contribution < 1.29 is 27.2 Å². The van der Waals surface area contributed by atoms with Crippen LogP contribution >= 0.6 is 0 Å². The van der Waals surface area contributed by atoms with Crippen LogP contribution < -0.4 is 9.64 Å². The first kappa shape index (κ1) is 22.2. The molecule has 1 aromatic heterocycles. The summed E-state index contributed by atoms with van der Waals surface area (Å²) in [4.78, 5) is 21.3. The summed E-state index contributed by atoms with van der Waals surface area (Å²) in [5, 5.41) is 3.93. The molecule has 0 N–H and O–H groups in total. The Labute approximate surface area is 194 Å². The Hall–Kier alpha value is -3.56. The van der Waals surface area contributed by atoms with Crippen LogP contribution in [0.5, 0.6) is 5.75 Å². The maximum atomic E-state index is 13.1. The van der Waals surface area contributed by atoms with Crippen LogP contribution in [-0.2, 0) is 17.5 Å². The van der Waals surface area contributed by atoms with E-state index in [1.165, 1.54) is 12.1 Å². The van der Waals surface area contributed by atoms with Gasteiger partial charge in [-0.2, -0.15) is 18.2 Å². The molecule has 0 bridgehead atoms. The first-order valence-electron chi connectivity index (χ1n) is 11.2. The van der Waals surface area contributed by atoms with Gasteiger partial charge in [0.05, 0.1) is 24.3 Å². The molecule has 34 heavy (non-hydrogen) atoms. The molecule has 0 radical (unpaired) electrons. The Bertz CT molecular complexity index is 1160. The van der Waals surface area contributed by atoms with Gasteiger partial charge in [0.2, 0.25) is 11.7 Å². The normalized spacial score (nSPS) is 18.4. The van der Waals surface area contributed by atoms with E-state index >= 15 is 0 Å². The third-order valence-corrected chi connectivity index (χ3v) is 6.07. The Morgan fingerprint density at radius 3 is 2.50 bits per heavy atom. The lowest BCUT2D eigenvalue weighted by Gasteiger charge is -2.37. The minimum Gasteiger partial charge on any atom is -0.477 e. The summed E-state index contributed by atoms with van der Waals surface area (Å²) in [6, 6.07) is 12.0. The molecule has 1 atom stereocenters. The van der Waals surface area contributed by atoms with Gasteiger partial charge in [-0.05, 0) is 43.5 Å². The molecule has 0 saturated carbocycles. The average Bonchev–Trinajstić information content (AvgIpc) is 3.32. The summed E-state index contributed by atoms with van der Waals surface area (Å²) >= 11 is 0. The lowest BCUT2D eigenvalue weighted by atomic mass is 10.1. The summed E-state index contributed by atoms with van der Waals surface area (Å²) in [6.07, 6.45) is -1.94. The van der Waals surface area contributed by atoms with Crippen LogP contribution in [0.1, 0.15) is 30.7 Å². The number of amides is 1. The van der Waals surface area contributed by atoms with E-state index in [4.69, 9.17) is 9.26 Å². The van der Waals surface area contributed by atoms with Gasteiger partial charge in [-0.3, -0.25) is 4.79 Å². The monoisotopic (exact) mass is 472 g/mol. The van der Waals surface area contributed by atoms with Crippen molar-refractivity contribution in [1.29, 1.82) is 0 Å². The van der Waals surface area contributed by atoms with Crippen LogP contribution in [0.15, 0.2) is 53.1 Å². The van der Waals surface area contributed by atoms with E-state index in [1.807, 2.05) is 34.1 Å². The Morgan fingerprint density at radius 2 is 1.76 bits per heavy atom. The predicted molar refractivity (Wildman–Crippen MR) is 117 cm³/mol. The van der Waals surface area contributed by atoms with Gasteiger partial charge in [-0.25, -0.2) is 0 Å². The highest BCUT2D eigenvalue weighted by Crippen LogP contribution is 2.35. The molecule has 2 aliphatic rings. The van der Waals surface area contributed by atoms with Crippen LogP contribution in [0.3, 0.4) is 0 Å². The van der Waals surface area contributed by atoms with E-state index < -0.39 is 17.8 Å². The molecule has 1 unspecified atom stereocenters. The van der Waals surface area contributed by atoms with Crippen molar-refractivity contribution in [1.82, 2.24) is 15.0 Å². The van der Waals surface area contributed by atoms with Gasteiger partial charge >= 0.3 is 6.18 Å². The maximum absolute atomic E-state index is 13.1. The molecule has 178 valence electrons. The number of carbonyl (C=O) groups excluding carboxylic acids is 1. The number of carbonyl (C=O) groups is 1. The first-order chi connectivity index (χ1) is 16.4. The molecule has 2 aromatic carbocycles. The molecule has 10 heteroatoms. The van der Waals surface area contributed by atoms with Gasteiger partial charge in [-0.15, -0.1) is 0 Å². The van der Waals surface area contributed by atoms with Crippen molar-refractivity contribution in [2.45, 2.75) is 38.1 Å². The standard InChI is InChI=1S/C24H23F3N4O3/c25-24(26,27)17-10-8-16(9-11-17)22-28-21(34-29-22)15-31-14-20(23(32)30-12-4-1-5-13-30)33-19-7-3-2-6-18(19)31/h2-3,6-11,20H,1,4-5,12-15H2. The number of alkyl halides is 3. The van der Waals surface area contributed by atoms with Gasteiger partial charge in [0.15, 0.2) is 6.10 Å². The zero-order chi connectivity index (χ0) is 23.7. The molecular weight excluding hydrogens is 449 g/mol. The first-order valence-corrected chi connectivity index (χ1v) is 11.2. The van der Waals surface area contributed by atoms with E-state index in [0.29, 0.717) is 17.9 Å². The topological polar surface area (TPSA) is 71.7 Å². The van der Waals surface area contributed by atoms with Gasteiger partial charge in [-0.1, -0.05) is 29.4 Å². The average molecular weight is 472 g/mol. The van der Waals surface area contributed by atoms with Crippen LogP contribution in [-0.4, -0.2) is 46.7 Å². The fraction of sp³-hybridized carbons (Fsp3) is 0.375. The molecular formula is C24H23F3N4O3. The maximum Gasteiger partial charge on any atom is 0.416 e. The molecule has 0 aliphatic carbocycles. The van der Waals surface area contributed by atoms with E-state index in [9.17, 15) is 18.0 Å². The number of likely N-dealkylation sites (tertiary alicyclic amines) is 1. The van der Waals surface area contributed by atoms with E-state index in [0.717, 1.165) is 50.2 Å². The van der Waals surface area contributed by atoms with Crippen LogP contribution in [0.2, 0.25) is 0 Å². The second-order valence-electron chi connectivity index (χ2n) is 8.43. The zero-order valence-corrected chi connectivity index (χ0v) is 18.3. The Kier molecular flexibility index (Phi) is 5.89. The second kappa shape index (κ2) is 9.00. The molecule has 1 fully saturated rings. The van der Waals surface area contributed by atoms with Gasteiger partial charge in [0, 0.05) is 18.7 Å². The van der Waals surface area contributed by atoms with Gasteiger partial charge < -0.3 is 19.1 Å². The molecule has 1 amide bonds. The van der Waals surface area contributed by atoms with Crippen molar-refractivity contribution >= 4 is 11.6 Å². The number of halogens is 3. The molecule has 2 aliphatic heterocycles. The zero-order valence-electron chi connectivity index (χ0n) is 18.3. The Morgan fingerprint density at radius 1 is 1.03 bits per heavy atom. The fourth-order valence-electron chi connectivity index (χ4n) is 4.31. The van der Waals surface area contributed by atoms with Crippen molar-refractivity contribution in [3.05, 3.63) is 60.0 Å². The molecule has 1 saturated heterocycles. The van der Waals surface area contributed by atoms with E-state index in [-0.39, 0.29) is 24.2 Å². The van der Waals surface area contributed by atoms with Crippen LogP contribution in [0.4, 0.5) is 18.9 Å². The number of piperidine rings is 1. The smallest absolute Gasteiger partial charge is 0.416 e. The number of rotatable bonds is 4. The highest BCUT2D eigenvalue weighted by Gasteiger charge is 2.35. The number of aromatic nitrogens is 2. The van der Waals surface area contributed by atoms with Crippen LogP contribution in [0, 0.1) is 0 Å². The van der Waals surface area contributed by atoms with Gasteiger partial charge in [0.25, 0.3) is 5.91 Å². The third-order valence-electron chi connectivity index (χ3n) is 6.07. The number of hydrogen-bond acceptors (Lipinski definition) is 6. The number of benzene rings is 2. The van der Waals surface area contributed by atoms with Crippen molar-refractivity contribution in [2.75, 3.05) is 24.5 Å². The number of hydrogen-bond donors (Lipinski definition) is 0. The van der Waals surface area contributed by atoms with Crippen molar-refractivity contribution in [2.24, 2.45) is 0 Å². The number of ether oxygens (including phenoxy) is 1. The third kappa shape index (κ3) is 4.57. The predicted octanol–water partition coefficient (Wildman–Crippen LogP) is 4.54. The summed E-state index contributed by atoms with van der Waals surface area (Å²) < 4.78 is 49.9. The lowest BCUT2D eigenvalue weighted by Crippen LogP contribution is -2.51. The van der Waals surface area contributed by atoms with Crippen molar-refractivity contribution in [3.8, 4) is 17.1 Å². The SMILES string of the molecule is O=C(C1CN(Cc2nc(-c3ccc(C(F)(F)F)cc3)no2)c2ccccc2O1)N1CCCCC1. The summed E-state index contributed by atoms with van der Waals surface area (Å²) in [5.74, 6) is 1.06. The lowest BCUT2D eigenvalue weighted by molar-refractivity contribution is -0.139. The summed E-state index contributed by atoms with van der Waals surface area (Å²) in [6.45, 7) is 2.03. The molecule has 3 heterocycles. The second-order valence-corrected chi connectivity index (χ2v) is 8.43. The summed E-state index contributed by atoms with van der Waals surface area (Å²) in [5.41, 5.74) is 0.484. The fourth-order valence-corrected chi connectivity index (χ4v) is 4.31. The highest BCUT2D eigenvalue weighted by atomic mass is 19.4. The minimum atomic E-state index is -4.41. The number of nitrogens with zero attached hydrogens (tertiary/aromatic N) is 4. The number of fused-ring (bicyclic) bond motifs is 1. The van der Waals surface area contributed by atoms with E-state index in [2.05, 4.69) is 10.1 Å². The molecule has 5 rings (SSSR count). The Balaban J connectivity index is 1.34. The number of anilines is 1. The molecule has 3 aromatic rings. The molecule has 7 nitrogen and oxygen atoms in total. The largest absolute Gasteiger partial charge is 0.477 e. The van der Waals surface area contributed by atoms with Crippen molar-refractivity contribution in [3.63, 3.8) is 0 Å². The quantitative estimate of drug-likeness (QED) is 0.556. The minimum absolute atomic E-state index is 0.0322. The van der Waals surface area contributed by atoms with Crippen LogP contribution in [0.25, 0.3) is 11.4 Å². The molecule has 0 spiro atoms. The van der Waals surface area contributed by atoms with Gasteiger partial charge in [0.1, 0.15) is 5.75 Å². The summed E-state index contributed by atoms with van der Waals surface area (Å²) in [7, 11) is 0. The number of para-hydroxylation sites is 2. The highest BCUT2D eigenvalue weighted by molar-refractivity contribution is 5.83.